The van der Waals surface area contributed by atoms with Gasteiger partial charge in [0.1, 0.15) is 0 Å². The maximum Gasteiger partial charge on any atom is 0.0741 e. The Balaban J connectivity index is 1.64. The molecule has 2 aliphatic rings. The molecule has 2 aromatic carbocycles. The van der Waals surface area contributed by atoms with E-state index in [1.54, 1.807) is 16.8 Å². The molecular weight excluding hydrogens is 316 g/mol. The van der Waals surface area contributed by atoms with Crippen molar-refractivity contribution in [3.63, 3.8) is 0 Å². The number of aromatic amines is 1. The lowest BCUT2D eigenvalue weighted by Gasteiger charge is -2.28. The predicted octanol–water partition coefficient (Wildman–Crippen LogP) is 5.93. The SMILES string of the molecule is c1ccc2c3c([nH]c2c1)C(n1c2c(c4ccccc41)CCCC2)CCC3. The average molecular weight is 340 g/mol. The Morgan fingerprint density at radius 2 is 1.54 bits per heavy atom. The zero-order valence-electron chi connectivity index (χ0n) is 15.1. The van der Waals surface area contributed by atoms with Crippen LogP contribution in [0.2, 0.25) is 0 Å². The van der Waals surface area contributed by atoms with Crippen molar-refractivity contribution in [3.8, 4) is 0 Å². The number of aromatic nitrogens is 2. The molecule has 0 fully saturated rings. The highest BCUT2D eigenvalue weighted by molar-refractivity contribution is 5.87. The zero-order valence-corrected chi connectivity index (χ0v) is 15.1. The molecule has 26 heavy (non-hydrogen) atoms. The molecule has 2 nitrogen and oxygen atoms in total. The van der Waals surface area contributed by atoms with Gasteiger partial charge in [0.05, 0.1) is 6.04 Å². The van der Waals surface area contributed by atoms with Gasteiger partial charge in [-0.05, 0) is 68.2 Å². The molecule has 0 spiro atoms. The number of para-hydroxylation sites is 2. The van der Waals surface area contributed by atoms with Gasteiger partial charge in [-0.2, -0.15) is 0 Å². The van der Waals surface area contributed by atoms with Crippen LogP contribution in [-0.4, -0.2) is 9.55 Å². The van der Waals surface area contributed by atoms with E-state index in [0.717, 1.165) is 0 Å². The van der Waals surface area contributed by atoms with Crippen molar-refractivity contribution in [1.29, 1.82) is 0 Å². The summed E-state index contributed by atoms with van der Waals surface area (Å²) in [5.41, 5.74) is 8.99. The normalized spacial score (nSPS) is 19.6. The first-order chi connectivity index (χ1) is 12.9. The van der Waals surface area contributed by atoms with E-state index < -0.39 is 0 Å². The second-order valence-corrected chi connectivity index (χ2v) is 7.99. The van der Waals surface area contributed by atoms with Crippen LogP contribution in [0.5, 0.6) is 0 Å². The van der Waals surface area contributed by atoms with Crippen molar-refractivity contribution in [1.82, 2.24) is 9.55 Å². The van der Waals surface area contributed by atoms with Crippen LogP contribution >= 0.6 is 0 Å². The fourth-order valence-corrected chi connectivity index (χ4v) is 5.54. The Morgan fingerprint density at radius 3 is 2.50 bits per heavy atom. The summed E-state index contributed by atoms with van der Waals surface area (Å²) in [6.07, 6.45) is 8.87. The summed E-state index contributed by atoms with van der Waals surface area (Å²) in [6, 6.07) is 18.4. The molecular formula is C24H24N2. The third-order valence-corrected chi connectivity index (χ3v) is 6.61. The second-order valence-electron chi connectivity index (χ2n) is 7.99. The number of hydrogen-bond donors (Lipinski definition) is 1. The van der Waals surface area contributed by atoms with E-state index in [1.807, 2.05) is 0 Å². The van der Waals surface area contributed by atoms with Crippen molar-refractivity contribution in [2.45, 2.75) is 51.0 Å². The van der Waals surface area contributed by atoms with Gasteiger partial charge in [0.2, 0.25) is 0 Å². The summed E-state index contributed by atoms with van der Waals surface area (Å²) < 4.78 is 2.71. The summed E-state index contributed by atoms with van der Waals surface area (Å²) in [5, 5.41) is 2.92. The first kappa shape index (κ1) is 14.7. The van der Waals surface area contributed by atoms with Crippen LogP contribution in [0.25, 0.3) is 21.8 Å². The van der Waals surface area contributed by atoms with Crippen LogP contribution in [0.1, 0.15) is 54.2 Å². The van der Waals surface area contributed by atoms with Gasteiger partial charge in [0.25, 0.3) is 0 Å². The van der Waals surface area contributed by atoms with E-state index in [4.69, 9.17) is 0 Å². The third-order valence-electron chi connectivity index (χ3n) is 6.61. The van der Waals surface area contributed by atoms with Gasteiger partial charge in [-0.3, -0.25) is 0 Å². The molecule has 0 aliphatic heterocycles. The van der Waals surface area contributed by atoms with Crippen molar-refractivity contribution < 1.29 is 0 Å². The van der Waals surface area contributed by atoms with Gasteiger partial charge < -0.3 is 9.55 Å². The van der Waals surface area contributed by atoms with E-state index >= 15 is 0 Å². The predicted molar refractivity (Wildman–Crippen MR) is 108 cm³/mol. The zero-order chi connectivity index (χ0) is 17.1. The fourth-order valence-electron chi connectivity index (χ4n) is 5.54. The van der Waals surface area contributed by atoms with E-state index in [2.05, 4.69) is 58.1 Å². The highest BCUT2D eigenvalue weighted by Crippen LogP contribution is 2.42. The van der Waals surface area contributed by atoms with E-state index in [1.165, 1.54) is 72.4 Å². The van der Waals surface area contributed by atoms with Crippen molar-refractivity contribution >= 4 is 21.8 Å². The monoisotopic (exact) mass is 340 g/mol. The maximum absolute atomic E-state index is 3.81. The maximum atomic E-state index is 3.81. The van der Waals surface area contributed by atoms with Crippen molar-refractivity contribution in [3.05, 3.63) is 71.0 Å². The minimum Gasteiger partial charge on any atom is -0.356 e. The molecule has 1 N–H and O–H groups in total. The molecule has 130 valence electrons. The molecule has 6 rings (SSSR count). The molecule has 1 atom stereocenters. The van der Waals surface area contributed by atoms with Gasteiger partial charge in [-0.25, -0.2) is 0 Å². The van der Waals surface area contributed by atoms with E-state index in [9.17, 15) is 0 Å². The topological polar surface area (TPSA) is 20.7 Å². The first-order valence-electron chi connectivity index (χ1n) is 10.1. The van der Waals surface area contributed by atoms with Crippen molar-refractivity contribution in [2.75, 3.05) is 0 Å². The van der Waals surface area contributed by atoms with Gasteiger partial charge in [-0.15, -0.1) is 0 Å². The largest absolute Gasteiger partial charge is 0.356 e. The second kappa shape index (κ2) is 5.51. The molecule has 2 aromatic heterocycles. The van der Waals surface area contributed by atoms with Crippen LogP contribution in [0.15, 0.2) is 48.5 Å². The standard InChI is InChI=1S/C24H24N2/c1-4-12-20-16(8-1)19-11-7-15-23(24(19)25-20)26-21-13-5-2-9-17(21)18-10-3-6-14-22(18)26/h1-2,4-5,8-9,12-13,23,25H,3,6-7,10-11,14-15H2. The van der Waals surface area contributed by atoms with Gasteiger partial charge in [-0.1, -0.05) is 36.4 Å². The number of H-pyrrole nitrogens is 1. The Morgan fingerprint density at radius 1 is 0.769 bits per heavy atom. The van der Waals surface area contributed by atoms with E-state index in [-0.39, 0.29) is 0 Å². The lowest BCUT2D eigenvalue weighted by molar-refractivity contribution is 0.473. The summed E-state index contributed by atoms with van der Waals surface area (Å²) in [7, 11) is 0. The highest BCUT2D eigenvalue weighted by atomic mass is 15.1. The Bertz CT molecular complexity index is 1130. The van der Waals surface area contributed by atoms with Crippen LogP contribution in [-0.2, 0) is 19.3 Å². The number of nitrogens with one attached hydrogen (secondary N) is 1. The van der Waals surface area contributed by atoms with E-state index in [0.29, 0.717) is 6.04 Å². The number of aryl methyl sites for hydroxylation is 2. The minimum atomic E-state index is 0.456. The van der Waals surface area contributed by atoms with Crippen LogP contribution in [0, 0.1) is 0 Å². The molecule has 2 aliphatic carbocycles. The molecule has 0 bridgehead atoms. The molecule has 2 heterocycles. The Labute approximate surface area is 153 Å². The lowest BCUT2D eigenvalue weighted by atomic mass is 9.90. The molecule has 4 aromatic rings. The molecule has 1 unspecified atom stereocenters. The number of hydrogen-bond acceptors (Lipinski definition) is 0. The van der Waals surface area contributed by atoms with Crippen LogP contribution < -0.4 is 0 Å². The van der Waals surface area contributed by atoms with Crippen LogP contribution in [0.4, 0.5) is 0 Å². The molecule has 2 heteroatoms. The molecule has 0 saturated heterocycles. The number of nitrogens with zero attached hydrogens (tertiary/aromatic N) is 1. The molecule has 0 amide bonds. The minimum absolute atomic E-state index is 0.456. The summed E-state index contributed by atoms with van der Waals surface area (Å²) in [4.78, 5) is 3.81. The summed E-state index contributed by atoms with van der Waals surface area (Å²) >= 11 is 0. The highest BCUT2D eigenvalue weighted by Gasteiger charge is 2.30. The smallest absolute Gasteiger partial charge is 0.0741 e. The number of rotatable bonds is 1. The first-order valence-corrected chi connectivity index (χ1v) is 10.1. The van der Waals surface area contributed by atoms with Crippen LogP contribution in [0.3, 0.4) is 0 Å². The Hall–Kier alpha value is -2.48. The number of fused-ring (bicyclic) bond motifs is 6. The quantitative estimate of drug-likeness (QED) is 0.443. The van der Waals surface area contributed by atoms with Gasteiger partial charge in [0, 0.05) is 33.2 Å². The van der Waals surface area contributed by atoms with Gasteiger partial charge >= 0.3 is 0 Å². The number of benzene rings is 2. The molecule has 0 radical (unpaired) electrons. The third kappa shape index (κ3) is 1.93. The average Bonchev–Trinajstić information content (AvgIpc) is 3.24. The lowest BCUT2D eigenvalue weighted by Crippen LogP contribution is -2.20. The molecule has 0 saturated carbocycles. The summed E-state index contributed by atoms with van der Waals surface area (Å²) in [6.45, 7) is 0. The Kier molecular flexibility index (Phi) is 3.11. The van der Waals surface area contributed by atoms with Gasteiger partial charge in [0.15, 0.2) is 0 Å². The summed E-state index contributed by atoms with van der Waals surface area (Å²) in [5.74, 6) is 0. The van der Waals surface area contributed by atoms with Crippen molar-refractivity contribution in [2.24, 2.45) is 0 Å². The fraction of sp³-hybridized carbons (Fsp3) is 0.333.